The van der Waals surface area contributed by atoms with Crippen molar-refractivity contribution < 1.29 is 31.2 Å². The first kappa shape index (κ1) is 28.8. The molecule has 0 aliphatic rings. The summed E-state index contributed by atoms with van der Waals surface area (Å²) in [4.78, 5) is 31.2. The molecule has 16 heteroatoms. The van der Waals surface area contributed by atoms with E-state index >= 15 is 0 Å². The molecule has 0 radical (unpaired) electrons. The summed E-state index contributed by atoms with van der Waals surface area (Å²) in [5.74, 6) is -0.766. The Morgan fingerprint density at radius 3 is 2.57 bits per heavy atom. The zero-order chi connectivity index (χ0) is 27.1. The highest BCUT2D eigenvalue weighted by atomic mass is 35.5. The third-order valence-electron chi connectivity index (χ3n) is 4.64. The van der Waals surface area contributed by atoms with Crippen molar-refractivity contribution in [2.45, 2.75) is 36.2 Å². The number of rotatable bonds is 12. The number of sulfonamides is 1. The normalized spacial score (nSPS) is 11.8. The quantitative estimate of drug-likeness (QED) is 0.185. The fourth-order valence-corrected chi connectivity index (χ4v) is 5.93. The first-order chi connectivity index (χ1) is 17.4. The summed E-state index contributed by atoms with van der Waals surface area (Å²) in [7, 11) is -4.02. The van der Waals surface area contributed by atoms with Crippen LogP contribution in [0.3, 0.4) is 0 Å². The van der Waals surface area contributed by atoms with Crippen molar-refractivity contribution in [3.8, 4) is 0 Å². The minimum Gasteiger partial charge on any atom is -0.369 e. The minimum absolute atomic E-state index is 0.0342. The standard InChI is InChI=1S/C21H21ClF3N5O4S3/c22-16-9-13(21(23,24)25)11-28-20(16)26-7-1-4-17(31)29-30-37(33,34)19-6-5-15(36-19)12-27-18(32)10-14-3-2-8-35-14/h2-3,5-6,8-9,11,30H,1,4,7,10,12H2,(H,26,28)(H,27,32)(H,29,31). The first-order valence-corrected chi connectivity index (χ1v) is 14.1. The van der Waals surface area contributed by atoms with E-state index in [9.17, 15) is 31.2 Å². The van der Waals surface area contributed by atoms with E-state index in [1.54, 1.807) is 6.07 Å². The number of hydrogen-bond donors (Lipinski definition) is 4. The SMILES string of the molecule is O=C(Cc1cccs1)NCc1ccc(S(=O)(=O)NNC(=O)CCCNc2ncc(C(F)(F)F)cc2Cl)s1. The Morgan fingerprint density at radius 1 is 1.11 bits per heavy atom. The average molecular weight is 596 g/mol. The molecular formula is C21H21ClF3N5O4S3. The Morgan fingerprint density at radius 2 is 1.89 bits per heavy atom. The van der Waals surface area contributed by atoms with Gasteiger partial charge in [-0.3, -0.25) is 15.0 Å². The van der Waals surface area contributed by atoms with Gasteiger partial charge in [0.15, 0.2) is 0 Å². The van der Waals surface area contributed by atoms with E-state index in [4.69, 9.17) is 11.6 Å². The van der Waals surface area contributed by atoms with Crippen LogP contribution in [0.15, 0.2) is 46.1 Å². The molecule has 0 saturated heterocycles. The molecule has 3 heterocycles. The van der Waals surface area contributed by atoms with Gasteiger partial charge in [-0.05, 0) is 36.1 Å². The summed E-state index contributed by atoms with van der Waals surface area (Å²) in [6.45, 7) is 0.326. The molecule has 4 N–H and O–H groups in total. The summed E-state index contributed by atoms with van der Waals surface area (Å²) < 4.78 is 62.8. The number of anilines is 1. The maximum absolute atomic E-state index is 12.7. The lowest BCUT2D eigenvalue weighted by Crippen LogP contribution is -2.41. The van der Waals surface area contributed by atoms with E-state index in [0.717, 1.165) is 22.3 Å². The van der Waals surface area contributed by atoms with Crippen molar-refractivity contribution in [1.29, 1.82) is 0 Å². The Balaban J connectivity index is 1.38. The van der Waals surface area contributed by atoms with E-state index in [0.29, 0.717) is 11.1 Å². The third-order valence-corrected chi connectivity index (χ3v) is 8.63. The van der Waals surface area contributed by atoms with Crippen molar-refractivity contribution in [2.24, 2.45) is 0 Å². The highest BCUT2D eigenvalue weighted by molar-refractivity contribution is 7.91. The number of hydrogen-bond acceptors (Lipinski definition) is 8. The number of hydrazine groups is 1. The van der Waals surface area contributed by atoms with Gasteiger partial charge in [-0.2, -0.15) is 13.2 Å². The number of pyridine rings is 1. The number of halogens is 4. The maximum Gasteiger partial charge on any atom is 0.417 e. The molecule has 0 bridgehead atoms. The van der Waals surface area contributed by atoms with Gasteiger partial charge in [-0.25, -0.2) is 13.4 Å². The van der Waals surface area contributed by atoms with Crippen molar-refractivity contribution in [3.05, 3.63) is 62.2 Å². The number of carbonyl (C=O) groups is 2. The van der Waals surface area contributed by atoms with Gasteiger partial charge in [0.25, 0.3) is 10.0 Å². The molecule has 0 atom stereocenters. The van der Waals surface area contributed by atoms with Crippen molar-refractivity contribution in [3.63, 3.8) is 0 Å². The molecule has 3 rings (SSSR count). The molecule has 0 aliphatic carbocycles. The molecular weight excluding hydrogens is 575 g/mol. The Bertz CT molecular complexity index is 1330. The second kappa shape index (κ2) is 12.7. The second-order valence-electron chi connectivity index (χ2n) is 7.49. The molecule has 0 saturated carbocycles. The van der Waals surface area contributed by atoms with Gasteiger partial charge >= 0.3 is 6.18 Å². The Hall–Kier alpha value is -2.72. The van der Waals surface area contributed by atoms with Crippen LogP contribution < -0.4 is 20.9 Å². The van der Waals surface area contributed by atoms with E-state index < -0.39 is 27.7 Å². The third kappa shape index (κ3) is 8.96. The molecule has 0 aliphatic heterocycles. The molecule has 3 aromatic rings. The van der Waals surface area contributed by atoms with Crippen molar-refractivity contribution >= 4 is 61.9 Å². The highest BCUT2D eigenvalue weighted by Gasteiger charge is 2.31. The van der Waals surface area contributed by atoms with Gasteiger partial charge in [0.1, 0.15) is 10.0 Å². The maximum atomic E-state index is 12.7. The number of thiophene rings is 2. The number of amides is 2. The highest BCUT2D eigenvalue weighted by Crippen LogP contribution is 2.32. The molecule has 0 fully saturated rings. The topological polar surface area (TPSA) is 129 Å². The smallest absolute Gasteiger partial charge is 0.369 e. The predicted octanol–water partition coefficient (Wildman–Crippen LogP) is 3.94. The van der Waals surface area contributed by atoms with Gasteiger partial charge in [0, 0.05) is 28.9 Å². The summed E-state index contributed by atoms with van der Waals surface area (Å²) in [5.41, 5.74) is 1.13. The van der Waals surface area contributed by atoms with E-state index in [1.165, 1.54) is 17.4 Å². The van der Waals surface area contributed by atoms with Crippen LogP contribution in [0.2, 0.25) is 5.02 Å². The predicted molar refractivity (Wildman–Crippen MR) is 135 cm³/mol. The fourth-order valence-electron chi connectivity index (χ4n) is 2.83. The summed E-state index contributed by atoms with van der Waals surface area (Å²) in [6.07, 6.45) is -3.54. The Labute approximate surface area is 223 Å². The van der Waals surface area contributed by atoms with E-state index in [-0.39, 0.29) is 53.3 Å². The zero-order valence-corrected chi connectivity index (χ0v) is 22.1. The molecule has 3 aromatic heterocycles. The molecule has 9 nitrogen and oxygen atoms in total. The van der Waals surface area contributed by atoms with Gasteiger partial charge in [-0.15, -0.1) is 27.5 Å². The van der Waals surface area contributed by atoms with E-state index in [2.05, 4.69) is 21.0 Å². The lowest BCUT2D eigenvalue weighted by atomic mass is 10.2. The molecule has 0 spiro atoms. The Kier molecular flexibility index (Phi) is 9.89. The fraction of sp³-hybridized carbons (Fsp3) is 0.286. The summed E-state index contributed by atoms with van der Waals surface area (Å²) >= 11 is 8.22. The molecule has 0 unspecified atom stereocenters. The summed E-state index contributed by atoms with van der Waals surface area (Å²) in [5, 5.41) is 7.11. The molecule has 2 amide bonds. The van der Waals surface area contributed by atoms with Crippen molar-refractivity contribution in [1.82, 2.24) is 20.6 Å². The van der Waals surface area contributed by atoms with Crippen LogP contribution in [0.1, 0.15) is 28.2 Å². The second-order valence-corrected chi connectivity index (χ2v) is 12.0. The zero-order valence-electron chi connectivity index (χ0n) is 18.9. The van der Waals surface area contributed by atoms with E-state index in [1.807, 2.05) is 22.3 Å². The number of carbonyl (C=O) groups excluding carboxylic acids is 2. The van der Waals surface area contributed by atoms with Crippen molar-refractivity contribution in [2.75, 3.05) is 11.9 Å². The lowest BCUT2D eigenvalue weighted by molar-refractivity contribution is -0.137. The monoisotopic (exact) mass is 595 g/mol. The van der Waals surface area contributed by atoms with Gasteiger partial charge < -0.3 is 10.6 Å². The van der Waals surface area contributed by atoms with Gasteiger partial charge in [-0.1, -0.05) is 17.7 Å². The largest absolute Gasteiger partial charge is 0.417 e. The van der Waals surface area contributed by atoms with Crippen LogP contribution in [-0.2, 0) is 38.8 Å². The van der Waals surface area contributed by atoms with Gasteiger partial charge in [0.2, 0.25) is 11.8 Å². The van der Waals surface area contributed by atoms with Crippen LogP contribution in [0, 0.1) is 0 Å². The van der Waals surface area contributed by atoms with Crippen LogP contribution in [0.25, 0.3) is 0 Å². The average Bonchev–Trinajstić information content (AvgIpc) is 3.52. The molecule has 0 aromatic carbocycles. The van der Waals surface area contributed by atoms with Crippen LogP contribution in [-0.4, -0.2) is 31.8 Å². The number of aromatic nitrogens is 1. The summed E-state index contributed by atoms with van der Waals surface area (Å²) in [6, 6.07) is 7.38. The van der Waals surface area contributed by atoms with Crippen LogP contribution in [0.5, 0.6) is 0 Å². The minimum atomic E-state index is -4.56. The number of nitrogens with zero attached hydrogens (tertiary/aromatic N) is 1. The van der Waals surface area contributed by atoms with Crippen LogP contribution >= 0.6 is 34.3 Å². The molecule has 37 heavy (non-hydrogen) atoms. The first-order valence-electron chi connectivity index (χ1n) is 10.6. The molecule has 200 valence electrons. The van der Waals surface area contributed by atoms with Gasteiger partial charge in [0.05, 0.1) is 23.6 Å². The van der Waals surface area contributed by atoms with Crippen LogP contribution in [0.4, 0.5) is 19.0 Å². The lowest BCUT2D eigenvalue weighted by Gasteiger charge is -2.11. The number of nitrogens with one attached hydrogen (secondary N) is 4. The number of alkyl halides is 3.